The molecule has 4 rings (SSSR count). The van der Waals surface area contributed by atoms with Gasteiger partial charge >= 0.3 is 0 Å². The van der Waals surface area contributed by atoms with E-state index in [1.807, 2.05) is 12.1 Å². The molecule has 2 heterocycles. The number of hydrogen-bond donors (Lipinski definition) is 1. The van der Waals surface area contributed by atoms with Crippen LogP contribution >= 0.6 is 12.4 Å². The van der Waals surface area contributed by atoms with Gasteiger partial charge in [0.05, 0.1) is 21.3 Å². The third kappa shape index (κ3) is 4.37. The molecule has 3 aromatic rings. The van der Waals surface area contributed by atoms with Gasteiger partial charge < -0.3 is 19.5 Å². The Morgan fingerprint density at radius 2 is 1.70 bits per heavy atom. The van der Waals surface area contributed by atoms with E-state index >= 15 is 0 Å². The average molecular weight is 427 g/mol. The van der Waals surface area contributed by atoms with Gasteiger partial charge in [0.15, 0.2) is 11.5 Å². The zero-order valence-corrected chi connectivity index (χ0v) is 18.3. The Balaban J connectivity index is 0.00000256. The van der Waals surface area contributed by atoms with Crippen molar-refractivity contribution >= 4 is 12.4 Å². The molecule has 5 nitrogen and oxygen atoms in total. The predicted octanol–water partition coefficient (Wildman–Crippen LogP) is 4.63. The number of pyridine rings is 1. The van der Waals surface area contributed by atoms with Crippen molar-refractivity contribution in [1.82, 2.24) is 10.3 Å². The standard InChI is InChI=1S/C24H26N2O3.ClH/c1-27-22-14-18-10-12-25-21(20(18)15-23(22)28-2)13-16-6-8-17(9-7-16)19-5-4-11-26-24(19)29-3;/h4-9,11,14-15,21,25H,10,12-13H2,1-3H3;1H. The zero-order chi connectivity index (χ0) is 20.2. The smallest absolute Gasteiger partial charge is 0.221 e. The molecule has 1 aromatic heterocycles. The monoisotopic (exact) mass is 426 g/mol. The number of nitrogens with zero attached hydrogens (tertiary/aromatic N) is 1. The van der Waals surface area contributed by atoms with Crippen molar-refractivity contribution in [2.24, 2.45) is 0 Å². The number of ether oxygens (including phenoxy) is 3. The minimum Gasteiger partial charge on any atom is -0.493 e. The SMILES string of the molecule is COc1cc2c(cc1OC)C(Cc1ccc(-c3cccnc3OC)cc1)NCC2.Cl. The lowest BCUT2D eigenvalue weighted by molar-refractivity contribution is 0.352. The molecule has 1 aliphatic rings. The molecule has 0 saturated heterocycles. The van der Waals surface area contributed by atoms with Crippen LogP contribution in [0.4, 0.5) is 0 Å². The Morgan fingerprint density at radius 3 is 2.40 bits per heavy atom. The van der Waals surface area contributed by atoms with Crippen molar-refractivity contribution in [2.45, 2.75) is 18.9 Å². The van der Waals surface area contributed by atoms with Gasteiger partial charge in [0.2, 0.25) is 5.88 Å². The lowest BCUT2D eigenvalue weighted by Gasteiger charge is -2.28. The van der Waals surface area contributed by atoms with Crippen molar-refractivity contribution in [2.75, 3.05) is 27.9 Å². The third-order valence-corrected chi connectivity index (χ3v) is 5.48. The summed E-state index contributed by atoms with van der Waals surface area (Å²) in [6.45, 7) is 0.956. The van der Waals surface area contributed by atoms with Crippen molar-refractivity contribution in [3.8, 4) is 28.5 Å². The first kappa shape index (κ1) is 21.9. The topological polar surface area (TPSA) is 52.6 Å². The summed E-state index contributed by atoms with van der Waals surface area (Å²) < 4.78 is 16.4. The van der Waals surface area contributed by atoms with Crippen LogP contribution in [0, 0.1) is 0 Å². The molecule has 158 valence electrons. The molecule has 1 N–H and O–H groups in total. The summed E-state index contributed by atoms with van der Waals surface area (Å²) in [6.07, 6.45) is 3.64. The van der Waals surface area contributed by atoms with Gasteiger partial charge in [-0.3, -0.25) is 0 Å². The Labute approximate surface area is 183 Å². The average Bonchev–Trinajstić information content (AvgIpc) is 2.79. The van der Waals surface area contributed by atoms with Crippen LogP contribution in [-0.2, 0) is 12.8 Å². The fraction of sp³-hybridized carbons (Fsp3) is 0.292. The predicted molar refractivity (Wildman–Crippen MR) is 121 cm³/mol. The molecule has 0 amide bonds. The van der Waals surface area contributed by atoms with Crippen molar-refractivity contribution in [1.29, 1.82) is 0 Å². The Kier molecular flexibility index (Phi) is 7.19. The minimum atomic E-state index is 0. The second kappa shape index (κ2) is 9.83. The molecule has 1 unspecified atom stereocenters. The molecule has 0 saturated carbocycles. The van der Waals surface area contributed by atoms with Crippen molar-refractivity contribution in [3.63, 3.8) is 0 Å². The van der Waals surface area contributed by atoms with Gasteiger partial charge in [0, 0.05) is 17.8 Å². The summed E-state index contributed by atoms with van der Waals surface area (Å²) in [4.78, 5) is 4.29. The normalized spacial score (nSPS) is 15.0. The van der Waals surface area contributed by atoms with Crippen molar-refractivity contribution in [3.05, 3.63) is 71.4 Å². The van der Waals surface area contributed by atoms with Gasteiger partial charge in [-0.1, -0.05) is 24.3 Å². The highest BCUT2D eigenvalue weighted by atomic mass is 35.5. The molecule has 6 heteroatoms. The second-order valence-corrected chi connectivity index (χ2v) is 7.12. The van der Waals surface area contributed by atoms with Crippen LogP contribution in [-0.4, -0.2) is 32.9 Å². The van der Waals surface area contributed by atoms with E-state index in [1.165, 1.54) is 16.7 Å². The molecule has 0 bridgehead atoms. The van der Waals surface area contributed by atoms with Gasteiger partial charge in [-0.15, -0.1) is 12.4 Å². The van der Waals surface area contributed by atoms with Crippen LogP contribution < -0.4 is 19.5 Å². The number of benzene rings is 2. The van der Waals surface area contributed by atoms with Crippen molar-refractivity contribution < 1.29 is 14.2 Å². The van der Waals surface area contributed by atoms with Gasteiger partial charge in [-0.05, 0) is 65.9 Å². The van der Waals surface area contributed by atoms with Crippen LogP contribution in [0.15, 0.2) is 54.7 Å². The number of fused-ring (bicyclic) bond motifs is 1. The van der Waals surface area contributed by atoms with E-state index < -0.39 is 0 Å². The summed E-state index contributed by atoms with van der Waals surface area (Å²) in [7, 11) is 5.01. The molecule has 0 spiro atoms. The number of hydrogen-bond acceptors (Lipinski definition) is 5. The maximum atomic E-state index is 5.52. The third-order valence-electron chi connectivity index (χ3n) is 5.48. The molecular weight excluding hydrogens is 400 g/mol. The van der Waals surface area contributed by atoms with Gasteiger partial charge in [0.1, 0.15) is 0 Å². The Bertz CT molecular complexity index is 992. The molecule has 30 heavy (non-hydrogen) atoms. The number of rotatable bonds is 6. The summed E-state index contributed by atoms with van der Waals surface area (Å²) in [5, 5.41) is 3.65. The van der Waals surface area contributed by atoms with E-state index in [9.17, 15) is 0 Å². The summed E-state index contributed by atoms with van der Waals surface area (Å²) in [6, 6.07) is 17.0. The van der Waals surface area contributed by atoms with E-state index in [2.05, 4.69) is 46.7 Å². The quantitative estimate of drug-likeness (QED) is 0.623. The van der Waals surface area contributed by atoms with Crippen LogP contribution in [0.5, 0.6) is 17.4 Å². The summed E-state index contributed by atoms with van der Waals surface area (Å²) in [5.74, 6) is 2.21. The van der Waals surface area contributed by atoms with E-state index in [0.29, 0.717) is 5.88 Å². The van der Waals surface area contributed by atoms with E-state index in [-0.39, 0.29) is 18.4 Å². The van der Waals surface area contributed by atoms with Crippen LogP contribution in [0.3, 0.4) is 0 Å². The molecule has 1 aliphatic heterocycles. The van der Waals surface area contributed by atoms with Crippen LogP contribution in [0.2, 0.25) is 0 Å². The fourth-order valence-corrected chi connectivity index (χ4v) is 3.98. The fourth-order valence-electron chi connectivity index (χ4n) is 3.98. The first-order chi connectivity index (χ1) is 14.2. The largest absolute Gasteiger partial charge is 0.493 e. The highest BCUT2D eigenvalue weighted by Crippen LogP contribution is 2.36. The molecule has 1 atom stereocenters. The number of nitrogens with one attached hydrogen (secondary N) is 1. The van der Waals surface area contributed by atoms with Crippen LogP contribution in [0.25, 0.3) is 11.1 Å². The first-order valence-corrected chi connectivity index (χ1v) is 9.80. The number of aromatic nitrogens is 1. The molecule has 2 aromatic carbocycles. The van der Waals surface area contributed by atoms with E-state index in [4.69, 9.17) is 14.2 Å². The maximum Gasteiger partial charge on any atom is 0.221 e. The first-order valence-electron chi connectivity index (χ1n) is 9.80. The minimum absolute atomic E-state index is 0. The van der Waals surface area contributed by atoms with Crippen LogP contribution in [0.1, 0.15) is 22.7 Å². The van der Waals surface area contributed by atoms with Gasteiger partial charge in [0.25, 0.3) is 0 Å². The maximum absolute atomic E-state index is 5.52. The Hall–Kier alpha value is -2.76. The zero-order valence-electron chi connectivity index (χ0n) is 17.5. The second-order valence-electron chi connectivity index (χ2n) is 7.12. The highest BCUT2D eigenvalue weighted by Gasteiger charge is 2.23. The molecule has 0 aliphatic carbocycles. The van der Waals surface area contributed by atoms with E-state index in [0.717, 1.165) is 42.0 Å². The lowest BCUT2D eigenvalue weighted by atomic mass is 9.89. The highest BCUT2D eigenvalue weighted by molar-refractivity contribution is 5.85. The molecule has 0 fully saturated rings. The molecule has 0 radical (unpaired) electrons. The number of halogens is 1. The van der Waals surface area contributed by atoms with Gasteiger partial charge in [-0.2, -0.15) is 0 Å². The molecular formula is C24H27ClN2O3. The summed E-state index contributed by atoms with van der Waals surface area (Å²) in [5.41, 5.74) is 5.98. The summed E-state index contributed by atoms with van der Waals surface area (Å²) >= 11 is 0. The van der Waals surface area contributed by atoms with Gasteiger partial charge in [-0.25, -0.2) is 4.98 Å². The Morgan fingerprint density at radius 1 is 0.967 bits per heavy atom. The van der Waals surface area contributed by atoms with E-state index in [1.54, 1.807) is 27.5 Å². The lowest BCUT2D eigenvalue weighted by Crippen LogP contribution is -2.31. The number of methoxy groups -OCH3 is 3.